The van der Waals surface area contributed by atoms with Gasteiger partial charge in [0.2, 0.25) is 0 Å². The Kier molecular flexibility index (Phi) is 3.94. The first kappa shape index (κ1) is 13.4. The van der Waals surface area contributed by atoms with Gasteiger partial charge in [-0.05, 0) is 26.2 Å². The fraction of sp³-hybridized carbons (Fsp3) is 0.750. The van der Waals surface area contributed by atoms with Gasteiger partial charge < -0.3 is 9.84 Å². The van der Waals surface area contributed by atoms with E-state index in [2.05, 4.69) is 10.5 Å². The van der Waals surface area contributed by atoms with Gasteiger partial charge in [-0.1, -0.05) is 11.6 Å². The number of hydrogen-bond acceptors (Lipinski definition) is 3. The fourth-order valence-electron chi connectivity index (χ4n) is 2.42. The second kappa shape index (κ2) is 5.30. The number of hydrogen-bond donors (Lipinski definition) is 1. The van der Waals surface area contributed by atoms with Crippen LogP contribution < -0.4 is 5.32 Å². The molecule has 1 fully saturated rings. The summed E-state index contributed by atoms with van der Waals surface area (Å²) in [5.74, 6) is -0.498. The summed E-state index contributed by atoms with van der Waals surface area (Å²) in [5.41, 5.74) is 0.781. The summed E-state index contributed by atoms with van der Waals surface area (Å²) in [7, 11) is 0. The normalized spacial score (nSPS) is 25.3. The van der Waals surface area contributed by atoms with Crippen LogP contribution >= 0.6 is 0 Å². The molecule has 1 aliphatic carbocycles. The average Bonchev–Trinajstić information content (AvgIpc) is 2.72. The first-order valence-corrected chi connectivity index (χ1v) is 6.17. The quantitative estimate of drug-likeness (QED) is 0.909. The first-order valence-electron chi connectivity index (χ1n) is 6.17. The molecule has 0 aliphatic heterocycles. The highest BCUT2D eigenvalue weighted by Gasteiger charge is 2.41. The summed E-state index contributed by atoms with van der Waals surface area (Å²) in [6.07, 6.45) is -2.24. The van der Waals surface area contributed by atoms with Crippen molar-refractivity contribution >= 4 is 0 Å². The van der Waals surface area contributed by atoms with E-state index >= 15 is 0 Å². The van der Waals surface area contributed by atoms with Gasteiger partial charge in [-0.25, -0.2) is 0 Å². The van der Waals surface area contributed by atoms with Gasteiger partial charge in [0.15, 0.2) is 5.76 Å². The van der Waals surface area contributed by atoms with E-state index in [9.17, 15) is 13.2 Å². The van der Waals surface area contributed by atoms with Crippen molar-refractivity contribution in [2.24, 2.45) is 5.92 Å². The molecule has 2 atom stereocenters. The van der Waals surface area contributed by atoms with E-state index in [-0.39, 0.29) is 18.9 Å². The summed E-state index contributed by atoms with van der Waals surface area (Å²) in [4.78, 5) is 0. The molecule has 1 heterocycles. The van der Waals surface area contributed by atoms with Crippen molar-refractivity contribution in [2.75, 3.05) is 0 Å². The van der Waals surface area contributed by atoms with E-state index < -0.39 is 12.1 Å². The largest absolute Gasteiger partial charge is 0.391 e. The number of rotatable bonds is 3. The molecule has 3 nitrogen and oxygen atoms in total. The predicted molar refractivity (Wildman–Crippen MR) is 59.9 cm³/mol. The third-order valence-electron chi connectivity index (χ3n) is 3.38. The van der Waals surface area contributed by atoms with Gasteiger partial charge in [0.05, 0.1) is 18.2 Å². The topological polar surface area (TPSA) is 38.1 Å². The van der Waals surface area contributed by atoms with Crippen molar-refractivity contribution in [1.29, 1.82) is 0 Å². The lowest BCUT2D eigenvalue weighted by Crippen LogP contribution is -2.38. The van der Waals surface area contributed by atoms with Gasteiger partial charge >= 0.3 is 6.18 Å². The Morgan fingerprint density at radius 3 is 2.83 bits per heavy atom. The molecule has 1 saturated carbocycles. The van der Waals surface area contributed by atoms with Crippen LogP contribution in [0.15, 0.2) is 10.6 Å². The zero-order chi connectivity index (χ0) is 13.2. The summed E-state index contributed by atoms with van der Waals surface area (Å²) < 4.78 is 42.9. The van der Waals surface area contributed by atoms with Gasteiger partial charge in [0.25, 0.3) is 0 Å². The number of nitrogens with one attached hydrogen (secondary N) is 1. The van der Waals surface area contributed by atoms with E-state index in [0.717, 1.165) is 12.1 Å². The molecule has 2 rings (SSSR count). The standard InChI is InChI=1S/C12H17F3N2O/c1-8-5-11(18-17-8)7-16-10-4-2-3-9(6-10)12(13,14)15/h5,9-10,16H,2-4,6-7H2,1H3. The minimum Gasteiger partial charge on any atom is -0.360 e. The third kappa shape index (κ3) is 3.48. The molecule has 0 saturated heterocycles. The second-order valence-corrected chi connectivity index (χ2v) is 4.92. The van der Waals surface area contributed by atoms with Gasteiger partial charge in [0.1, 0.15) is 0 Å². The Balaban J connectivity index is 1.83. The minimum absolute atomic E-state index is 0.0872. The van der Waals surface area contributed by atoms with Crippen LogP contribution in [0, 0.1) is 12.8 Å². The summed E-state index contributed by atoms with van der Waals surface area (Å²) >= 11 is 0. The predicted octanol–water partition coefficient (Wildman–Crippen LogP) is 3.19. The maximum Gasteiger partial charge on any atom is 0.391 e. The van der Waals surface area contributed by atoms with E-state index in [1.165, 1.54) is 0 Å². The maximum absolute atomic E-state index is 12.6. The minimum atomic E-state index is -4.07. The summed E-state index contributed by atoms with van der Waals surface area (Å²) in [5, 5.41) is 6.86. The Bertz CT molecular complexity index is 389. The Morgan fingerprint density at radius 2 is 2.22 bits per heavy atom. The van der Waals surface area contributed by atoms with E-state index in [1.807, 2.05) is 6.92 Å². The molecule has 0 bridgehead atoms. The molecule has 102 valence electrons. The molecular weight excluding hydrogens is 245 g/mol. The summed E-state index contributed by atoms with van der Waals surface area (Å²) in [6.45, 7) is 2.25. The summed E-state index contributed by atoms with van der Waals surface area (Å²) in [6, 6.07) is 1.70. The lowest BCUT2D eigenvalue weighted by Gasteiger charge is -2.30. The van der Waals surface area contributed by atoms with E-state index in [4.69, 9.17) is 4.52 Å². The smallest absolute Gasteiger partial charge is 0.360 e. The number of alkyl halides is 3. The Labute approximate surface area is 104 Å². The molecule has 18 heavy (non-hydrogen) atoms. The zero-order valence-corrected chi connectivity index (χ0v) is 10.3. The lowest BCUT2D eigenvalue weighted by molar-refractivity contribution is -0.183. The lowest BCUT2D eigenvalue weighted by atomic mass is 9.85. The first-order chi connectivity index (χ1) is 8.45. The van der Waals surface area contributed by atoms with Gasteiger partial charge in [0, 0.05) is 12.1 Å². The number of halogens is 3. The number of aromatic nitrogens is 1. The molecule has 1 aromatic rings. The van der Waals surface area contributed by atoms with Gasteiger partial charge in [-0.3, -0.25) is 0 Å². The van der Waals surface area contributed by atoms with Crippen LogP contribution in [0.25, 0.3) is 0 Å². The van der Waals surface area contributed by atoms with Crippen molar-refractivity contribution in [1.82, 2.24) is 10.5 Å². The van der Waals surface area contributed by atoms with Crippen LogP contribution in [0.2, 0.25) is 0 Å². The molecular formula is C12H17F3N2O. The highest BCUT2D eigenvalue weighted by Crippen LogP contribution is 2.37. The van der Waals surface area contributed by atoms with E-state index in [0.29, 0.717) is 18.7 Å². The molecule has 6 heteroatoms. The molecule has 2 unspecified atom stereocenters. The highest BCUT2D eigenvalue weighted by atomic mass is 19.4. The third-order valence-corrected chi connectivity index (χ3v) is 3.38. The molecule has 1 aliphatic rings. The van der Waals surface area contributed by atoms with Gasteiger partial charge in [-0.2, -0.15) is 13.2 Å². The molecule has 0 spiro atoms. The van der Waals surface area contributed by atoms with Crippen molar-refractivity contribution in [3.63, 3.8) is 0 Å². The van der Waals surface area contributed by atoms with Crippen LogP contribution in [-0.4, -0.2) is 17.4 Å². The SMILES string of the molecule is Cc1cc(CNC2CCCC(C(F)(F)F)C2)on1. The number of nitrogens with zero attached hydrogens (tertiary/aromatic N) is 1. The Morgan fingerprint density at radius 1 is 1.44 bits per heavy atom. The van der Waals surface area contributed by atoms with Crippen molar-refractivity contribution in [3.8, 4) is 0 Å². The maximum atomic E-state index is 12.6. The Hall–Kier alpha value is -1.04. The van der Waals surface area contributed by atoms with Crippen molar-refractivity contribution < 1.29 is 17.7 Å². The molecule has 0 amide bonds. The monoisotopic (exact) mass is 262 g/mol. The van der Waals surface area contributed by atoms with Crippen LogP contribution in [0.5, 0.6) is 0 Å². The van der Waals surface area contributed by atoms with E-state index in [1.54, 1.807) is 6.07 Å². The van der Waals surface area contributed by atoms with Gasteiger partial charge in [-0.15, -0.1) is 0 Å². The average molecular weight is 262 g/mol. The molecule has 1 N–H and O–H groups in total. The fourth-order valence-corrected chi connectivity index (χ4v) is 2.42. The van der Waals surface area contributed by atoms with Crippen LogP contribution in [-0.2, 0) is 6.54 Å². The van der Waals surface area contributed by atoms with Crippen molar-refractivity contribution in [2.45, 2.75) is 51.4 Å². The number of aryl methyl sites for hydroxylation is 1. The second-order valence-electron chi connectivity index (χ2n) is 4.92. The molecule has 1 aromatic heterocycles. The molecule has 0 radical (unpaired) electrons. The van der Waals surface area contributed by atoms with Crippen LogP contribution in [0.3, 0.4) is 0 Å². The van der Waals surface area contributed by atoms with Crippen LogP contribution in [0.4, 0.5) is 13.2 Å². The zero-order valence-electron chi connectivity index (χ0n) is 10.3. The molecule has 0 aromatic carbocycles. The van der Waals surface area contributed by atoms with Crippen molar-refractivity contribution in [3.05, 3.63) is 17.5 Å². The highest BCUT2D eigenvalue weighted by molar-refractivity contribution is 5.02. The van der Waals surface area contributed by atoms with Crippen LogP contribution in [0.1, 0.15) is 37.1 Å².